The molecule has 168 valence electrons. The van der Waals surface area contributed by atoms with Crippen molar-refractivity contribution in [3.63, 3.8) is 0 Å². The molecule has 0 bridgehead atoms. The number of aryl methyl sites for hydroxylation is 1. The largest absolute Gasteiger partial charge is 0.495 e. The first kappa shape index (κ1) is 23.0. The lowest BCUT2D eigenvalue weighted by Gasteiger charge is -2.19. The van der Waals surface area contributed by atoms with Crippen LogP contribution in [-0.2, 0) is 4.79 Å². The number of nitrogens with zero attached hydrogens (tertiary/aromatic N) is 4. The number of carbonyl (C=O) groups excluding carboxylic acids is 2. The summed E-state index contributed by atoms with van der Waals surface area (Å²) in [5.74, 6) is 0.788. The molecule has 0 atom stereocenters. The van der Waals surface area contributed by atoms with Gasteiger partial charge in [-0.05, 0) is 43.5 Å². The maximum absolute atomic E-state index is 13.1. The quantitative estimate of drug-likeness (QED) is 0.581. The molecule has 0 aliphatic heterocycles. The fourth-order valence-corrected chi connectivity index (χ4v) is 3.46. The van der Waals surface area contributed by atoms with Crippen molar-refractivity contribution in [2.45, 2.75) is 33.6 Å². The Balaban J connectivity index is 1.79. The molecule has 0 fully saturated rings. The van der Waals surface area contributed by atoms with E-state index in [-0.39, 0.29) is 18.3 Å². The van der Waals surface area contributed by atoms with Crippen molar-refractivity contribution in [1.82, 2.24) is 19.7 Å². The van der Waals surface area contributed by atoms with Crippen molar-refractivity contribution in [2.75, 3.05) is 25.5 Å². The number of methoxy groups -OCH3 is 1. The van der Waals surface area contributed by atoms with Gasteiger partial charge in [-0.2, -0.15) is 0 Å². The summed E-state index contributed by atoms with van der Waals surface area (Å²) in [6.45, 7) is 8.06. The molecule has 2 amide bonds. The van der Waals surface area contributed by atoms with Crippen LogP contribution in [0, 0.1) is 6.92 Å². The fraction of sp³-hybridized carbons (Fsp3) is 0.333. The van der Waals surface area contributed by atoms with E-state index in [9.17, 15) is 9.59 Å². The number of ether oxygens (including phenoxy) is 1. The predicted molar refractivity (Wildman–Crippen MR) is 123 cm³/mol. The number of para-hydroxylation sites is 3. The van der Waals surface area contributed by atoms with E-state index in [0.29, 0.717) is 29.7 Å². The number of rotatable bonds is 8. The van der Waals surface area contributed by atoms with Crippen molar-refractivity contribution >= 4 is 17.5 Å². The second-order valence-corrected chi connectivity index (χ2v) is 7.68. The molecule has 3 rings (SSSR count). The Hall–Kier alpha value is -3.68. The molecule has 0 saturated carbocycles. The monoisotopic (exact) mass is 435 g/mol. The van der Waals surface area contributed by atoms with Crippen LogP contribution >= 0.6 is 0 Å². The van der Waals surface area contributed by atoms with Gasteiger partial charge in [0.05, 0.1) is 18.5 Å². The maximum atomic E-state index is 13.1. The number of anilines is 1. The van der Waals surface area contributed by atoms with E-state index in [1.54, 1.807) is 22.9 Å². The van der Waals surface area contributed by atoms with Gasteiger partial charge in [-0.3, -0.25) is 9.59 Å². The normalized spacial score (nSPS) is 10.8. The standard InChI is InChI=1S/C24H29N5O3/c1-6-28(15-22(30)26-19-12-8-10-14-21(19)32-5)24(31)23-25-17(4)29(27-23)20-13-9-7-11-18(20)16(2)3/h7-14,16H,6,15H2,1-5H3,(H,26,30). The van der Waals surface area contributed by atoms with Crippen molar-refractivity contribution < 1.29 is 14.3 Å². The average molecular weight is 436 g/mol. The number of hydrogen-bond acceptors (Lipinski definition) is 5. The average Bonchev–Trinajstić information content (AvgIpc) is 3.18. The number of nitrogens with one attached hydrogen (secondary N) is 1. The van der Waals surface area contributed by atoms with Crippen LogP contribution < -0.4 is 10.1 Å². The highest BCUT2D eigenvalue weighted by Gasteiger charge is 2.24. The zero-order chi connectivity index (χ0) is 23.3. The van der Waals surface area contributed by atoms with E-state index in [4.69, 9.17) is 4.74 Å². The Bertz CT molecular complexity index is 1110. The maximum Gasteiger partial charge on any atom is 0.294 e. The van der Waals surface area contributed by atoms with Crippen LogP contribution in [0.1, 0.15) is 48.7 Å². The third kappa shape index (κ3) is 4.96. The minimum atomic E-state index is -0.397. The van der Waals surface area contributed by atoms with Crippen LogP contribution in [0.15, 0.2) is 48.5 Å². The minimum absolute atomic E-state index is 0.0630. The molecule has 0 saturated heterocycles. The van der Waals surface area contributed by atoms with E-state index in [2.05, 4.69) is 29.2 Å². The SMILES string of the molecule is CCN(CC(=O)Nc1ccccc1OC)C(=O)c1nc(C)n(-c2ccccc2C(C)C)n1. The van der Waals surface area contributed by atoms with Gasteiger partial charge < -0.3 is 15.0 Å². The fourth-order valence-electron chi connectivity index (χ4n) is 3.46. The Kier molecular flexibility index (Phi) is 7.25. The summed E-state index contributed by atoms with van der Waals surface area (Å²) in [7, 11) is 1.54. The molecule has 0 unspecified atom stereocenters. The second-order valence-electron chi connectivity index (χ2n) is 7.68. The van der Waals surface area contributed by atoms with Gasteiger partial charge in [0.25, 0.3) is 5.91 Å². The van der Waals surface area contributed by atoms with Gasteiger partial charge in [-0.15, -0.1) is 5.10 Å². The van der Waals surface area contributed by atoms with Crippen LogP contribution in [0.3, 0.4) is 0 Å². The number of benzene rings is 2. The third-order valence-electron chi connectivity index (χ3n) is 5.13. The van der Waals surface area contributed by atoms with Crippen molar-refractivity contribution in [1.29, 1.82) is 0 Å². The molecule has 0 aliphatic carbocycles. The topological polar surface area (TPSA) is 89.4 Å². The molecule has 0 aliphatic rings. The molecular formula is C24H29N5O3. The van der Waals surface area contributed by atoms with Gasteiger partial charge in [0, 0.05) is 6.54 Å². The van der Waals surface area contributed by atoms with Gasteiger partial charge in [-0.1, -0.05) is 44.2 Å². The van der Waals surface area contributed by atoms with Gasteiger partial charge in [0.15, 0.2) is 0 Å². The van der Waals surface area contributed by atoms with Gasteiger partial charge in [0.2, 0.25) is 11.7 Å². The van der Waals surface area contributed by atoms with Crippen LogP contribution in [0.4, 0.5) is 5.69 Å². The second kappa shape index (κ2) is 10.1. The Labute approximate surface area is 188 Å². The summed E-state index contributed by atoms with van der Waals surface area (Å²) in [4.78, 5) is 31.5. The molecule has 8 nitrogen and oxygen atoms in total. The van der Waals surface area contributed by atoms with E-state index in [0.717, 1.165) is 11.3 Å². The number of likely N-dealkylation sites (N-methyl/N-ethyl adjacent to an activating group) is 1. The highest BCUT2D eigenvalue weighted by Crippen LogP contribution is 2.24. The van der Waals surface area contributed by atoms with Crippen molar-refractivity contribution in [3.05, 3.63) is 65.7 Å². The van der Waals surface area contributed by atoms with Crippen LogP contribution in [-0.4, -0.2) is 51.7 Å². The lowest BCUT2D eigenvalue weighted by molar-refractivity contribution is -0.116. The van der Waals surface area contributed by atoms with Gasteiger partial charge in [-0.25, -0.2) is 9.67 Å². The summed E-state index contributed by atoms with van der Waals surface area (Å²) >= 11 is 0. The first-order valence-electron chi connectivity index (χ1n) is 10.6. The molecule has 3 aromatic rings. The zero-order valence-electron chi connectivity index (χ0n) is 19.1. The lowest BCUT2D eigenvalue weighted by atomic mass is 10.0. The smallest absolute Gasteiger partial charge is 0.294 e. The van der Waals surface area contributed by atoms with Crippen molar-refractivity contribution in [2.24, 2.45) is 0 Å². The van der Waals surface area contributed by atoms with E-state index < -0.39 is 5.91 Å². The molecule has 1 heterocycles. The highest BCUT2D eigenvalue weighted by atomic mass is 16.5. The summed E-state index contributed by atoms with van der Waals surface area (Å²) in [5.41, 5.74) is 2.55. The molecule has 2 aromatic carbocycles. The van der Waals surface area contributed by atoms with E-state index >= 15 is 0 Å². The molecular weight excluding hydrogens is 406 g/mol. The van der Waals surface area contributed by atoms with E-state index in [1.807, 2.05) is 44.2 Å². The first-order chi connectivity index (χ1) is 15.3. The summed E-state index contributed by atoms with van der Waals surface area (Å²) in [6, 6.07) is 15.0. The van der Waals surface area contributed by atoms with Crippen LogP contribution in [0.2, 0.25) is 0 Å². The van der Waals surface area contributed by atoms with E-state index in [1.165, 1.54) is 12.0 Å². The zero-order valence-corrected chi connectivity index (χ0v) is 19.1. The molecule has 0 radical (unpaired) electrons. The Morgan fingerprint density at radius 1 is 1.12 bits per heavy atom. The summed E-state index contributed by atoms with van der Waals surface area (Å²) < 4.78 is 6.95. The Morgan fingerprint density at radius 2 is 1.81 bits per heavy atom. The summed E-state index contributed by atoms with van der Waals surface area (Å²) in [5, 5.41) is 7.26. The number of hydrogen-bond donors (Lipinski definition) is 1. The molecule has 8 heteroatoms. The summed E-state index contributed by atoms with van der Waals surface area (Å²) in [6.07, 6.45) is 0. The minimum Gasteiger partial charge on any atom is -0.495 e. The Morgan fingerprint density at radius 3 is 2.50 bits per heavy atom. The molecule has 32 heavy (non-hydrogen) atoms. The van der Waals surface area contributed by atoms with Gasteiger partial charge >= 0.3 is 0 Å². The molecule has 1 aromatic heterocycles. The highest BCUT2D eigenvalue weighted by molar-refractivity contribution is 5.98. The molecule has 1 N–H and O–H groups in total. The third-order valence-corrected chi connectivity index (χ3v) is 5.13. The number of amides is 2. The van der Waals surface area contributed by atoms with Gasteiger partial charge in [0.1, 0.15) is 18.1 Å². The van der Waals surface area contributed by atoms with Crippen molar-refractivity contribution in [3.8, 4) is 11.4 Å². The first-order valence-corrected chi connectivity index (χ1v) is 10.6. The molecule has 0 spiro atoms. The predicted octanol–water partition coefficient (Wildman–Crippen LogP) is 3.81. The number of carbonyl (C=O) groups is 2. The van der Waals surface area contributed by atoms with Crippen LogP contribution in [0.5, 0.6) is 5.75 Å². The van der Waals surface area contributed by atoms with Crippen LogP contribution in [0.25, 0.3) is 5.69 Å². The number of aromatic nitrogens is 3. The lowest BCUT2D eigenvalue weighted by Crippen LogP contribution is -2.38.